The molecule has 0 radical (unpaired) electrons. The maximum atomic E-state index is 11.5. The Labute approximate surface area is 171 Å². The minimum atomic E-state index is -3.75. The molecule has 3 rings (SSSR count). The summed E-state index contributed by atoms with van der Waals surface area (Å²) in [4.78, 5) is 4.14. The largest absolute Gasteiger partial charge is 0.488 e. The molecule has 7 heteroatoms. The summed E-state index contributed by atoms with van der Waals surface area (Å²) in [6, 6.07) is 17.6. The fourth-order valence-electron chi connectivity index (χ4n) is 2.97. The molecule has 0 aliphatic rings. The molecular formula is C22H24N2O4S. The SMILES string of the molecule is C[C@H](Oc1ccc(-c2cccc(S(N)(=O)=O)c2)cc1)[C@H](O)CCc1cccnc1. The molecule has 2 atom stereocenters. The quantitative estimate of drug-likeness (QED) is 0.592. The van der Waals surface area contributed by atoms with Crippen LogP contribution < -0.4 is 9.88 Å². The second-order valence-electron chi connectivity index (χ2n) is 6.89. The minimum absolute atomic E-state index is 0.0701. The standard InChI is InChI=1S/C22H24N2O4S/c1-16(22(25)12-7-17-4-3-13-24-15-17)28-20-10-8-18(9-11-20)19-5-2-6-21(14-19)29(23,26)27/h2-6,8-11,13-16,22,25H,7,12H2,1H3,(H2,23,26,27)/t16-,22+/m0/s1. The first-order valence-corrected chi connectivity index (χ1v) is 10.8. The summed E-state index contributed by atoms with van der Waals surface area (Å²) in [6.07, 6.45) is 3.83. The van der Waals surface area contributed by atoms with E-state index in [-0.39, 0.29) is 11.0 Å². The Morgan fingerprint density at radius 2 is 1.83 bits per heavy atom. The Hall–Kier alpha value is -2.74. The van der Waals surface area contributed by atoms with Gasteiger partial charge in [-0.25, -0.2) is 13.6 Å². The molecule has 0 aliphatic heterocycles. The normalized spacial score (nSPS) is 13.6. The monoisotopic (exact) mass is 412 g/mol. The lowest BCUT2D eigenvalue weighted by Gasteiger charge is -2.20. The van der Waals surface area contributed by atoms with Crippen LogP contribution in [-0.2, 0) is 16.4 Å². The lowest BCUT2D eigenvalue weighted by molar-refractivity contribution is 0.0420. The van der Waals surface area contributed by atoms with Crippen LogP contribution in [0.25, 0.3) is 11.1 Å². The van der Waals surface area contributed by atoms with Crippen molar-refractivity contribution < 1.29 is 18.3 Å². The summed E-state index contributed by atoms with van der Waals surface area (Å²) in [6.45, 7) is 1.83. The van der Waals surface area contributed by atoms with E-state index in [9.17, 15) is 13.5 Å². The van der Waals surface area contributed by atoms with Crippen molar-refractivity contribution in [2.75, 3.05) is 0 Å². The summed E-state index contributed by atoms with van der Waals surface area (Å²) in [5.74, 6) is 0.629. The lowest BCUT2D eigenvalue weighted by atomic mass is 10.0. The number of aliphatic hydroxyl groups excluding tert-OH is 1. The van der Waals surface area contributed by atoms with Crippen LogP contribution in [0, 0.1) is 0 Å². The Morgan fingerprint density at radius 1 is 1.07 bits per heavy atom. The molecule has 152 valence electrons. The van der Waals surface area contributed by atoms with Gasteiger partial charge in [0.2, 0.25) is 10.0 Å². The molecule has 29 heavy (non-hydrogen) atoms. The van der Waals surface area contributed by atoms with E-state index < -0.39 is 16.1 Å². The van der Waals surface area contributed by atoms with Gasteiger partial charge in [0.1, 0.15) is 11.9 Å². The van der Waals surface area contributed by atoms with E-state index >= 15 is 0 Å². The van der Waals surface area contributed by atoms with Gasteiger partial charge < -0.3 is 9.84 Å². The Kier molecular flexibility index (Phi) is 6.64. The molecule has 3 N–H and O–H groups in total. The molecule has 1 heterocycles. The molecule has 0 aliphatic carbocycles. The number of pyridine rings is 1. The van der Waals surface area contributed by atoms with E-state index in [1.807, 2.05) is 37.3 Å². The number of nitrogens with two attached hydrogens (primary N) is 1. The molecule has 1 aromatic heterocycles. The number of hydrogen-bond donors (Lipinski definition) is 2. The molecule has 0 saturated carbocycles. The number of benzene rings is 2. The number of aromatic nitrogens is 1. The molecule has 6 nitrogen and oxygen atoms in total. The third-order valence-electron chi connectivity index (χ3n) is 4.67. The average molecular weight is 413 g/mol. The first kappa shape index (κ1) is 21.0. The number of aliphatic hydroxyl groups is 1. The first-order chi connectivity index (χ1) is 13.8. The van der Waals surface area contributed by atoms with Crippen molar-refractivity contribution in [2.45, 2.75) is 36.9 Å². The summed E-state index contributed by atoms with van der Waals surface area (Å²) in [5.41, 5.74) is 2.66. The molecule has 3 aromatic rings. The highest BCUT2D eigenvalue weighted by Gasteiger charge is 2.16. The predicted molar refractivity (Wildman–Crippen MR) is 112 cm³/mol. The molecule has 0 saturated heterocycles. The number of rotatable bonds is 8. The van der Waals surface area contributed by atoms with E-state index in [4.69, 9.17) is 9.88 Å². The van der Waals surface area contributed by atoms with Crippen LogP contribution in [0.4, 0.5) is 0 Å². The number of aryl methyl sites for hydroxylation is 1. The summed E-state index contributed by atoms with van der Waals surface area (Å²) in [7, 11) is -3.75. The molecular weight excluding hydrogens is 388 g/mol. The Morgan fingerprint density at radius 3 is 2.48 bits per heavy atom. The van der Waals surface area contributed by atoms with Gasteiger partial charge in [0, 0.05) is 12.4 Å². The van der Waals surface area contributed by atoms with E-state index in [2.05, 4.69) is 4.98 Å². The zero-order chi connectivity index (χ0) is 20.9. The summed E-state index contributed by atoms with van der Waals surface area (Å²) < 4.78 is 28.9. The highest BCUT2D eigenvalue weighted by atomic mass is 32.2. The van der Waals surface area contributed by atoms with Crippen LogP contribution >= 0.6 is 0 Å². The van der Waals surface area contributed by atoms with Crippen molar-refractivity contribution in [1.82, 2.24) is 4.98 Å². The van der Waals surface area contributed by atoms with Crippen molar-refractivity contribution in [3.63, 3.8) is 0 Å². The fraction of sp³-hybridized carbons (Fsp3) is 0.227. The fourth-order valence-corrected chi connectivity index (χ4v) is 3.53. The molecule has 0 unspecified atom stereocenters. The molecule has 0 spiro atoms. The van der Waals surface area contributed by atoms with Crippen LogP contribution in [0.2, 0.25) is 0 Å². The minimum Gasteiger partial charge on any atom is -0.488 e. The van der Waals surface area contributed by atoms with Crippen LogP contribution in [0.15, 0.2) is 78.0 Å². The van der Waals surface area contributed by atoms with Gasteiger partial charge >= 0.3 is 0 Å². The van der Waals surface area contributed by atoms with Gasteiger partial charge in [-0.15, -0.1) is 0 Å². The Bertz CT molecular complexity index is 1040. The van der Waals surface area contributed by atoms with Gasteiger partial charge in [-0.2, -0.15) is 0 Å². The lowest BCUT2D eigenvalue weighted by Crippen LogP contribution is -2.29. The van der Waals surface area contributed by atoms with Gasteiger partial charge in [-0.3, -0.25) is 4.98 Å². The van der Waals surface area contributed by atoms with Crippen LogP contribution in [0.1, 0.15) is 18.9 Å². The third-order valence-corrected chi connectivity index (χ3v) is 5.58. The van der Waals surface area contributed by atoms with Gasteiger partial charge in [0.15, 0.2) is 0 Å². The highest BCUT2D eigenvalue weighted by molar-refractivity contribution is 7.89. The molecule has 0 fully saturated rings. The summed E-state index contributed by atoms with van der Waals surface area (Å²) in [5, 5.41) is 15.6. The first-order valence-electron chi connectivity index (χ1n) is 9.30. The number of ether oxygens (including phenoxy) is 1. The van der Waals surface area contributed by atoms with Crippen molar-refractivity contribution in [3.8, 4) is 16.9 Å². The van der Waals surface area contributed by atoms with Crippen LogP contribution in [0.5, 0.6) is 5.75 Å². The smallest absolute Gasteiger partial charge is 0.238 e. The van der Waals surface area contributed by atoms with E-state index in [1.165, 1.54) is 12.1 Å². The number of hydrogen-bond acceptors (Lipinski definition) is 5. The maximum Gasteiger partial charge on any atom is 0.238 e. The zero-order valence-electron chi connectivity index (χ0n) is 16.1. The van der Waals surface area contributed by atoms with Gasteiger partial charge in [0.25, 0.3) is 0 Å². The molecule has 0 bridgehead atoms. The maximum absolute atomic E-state index is 11.5. The Balaban J connectivity index is 1.61. The van der Waals surface area contributed by atoms with Crippen molar-refractivity contribution >= 4 is 10.0 Å². The van der Waals surface area contributed by atoms with Gasteiger partial charge in [-0.05, 0) is 66.8 Å². The second kappa shape index (κ2) is 9.17. The number of nitrogens with zero attached hydrogens (tertiary/aromatic N) is 1. The zero-order valence-corrected chi connectivity index (χ0v) is 16.9. The van der Waals surface area contributed by atoms with Crippen molar-refractivity contribution in [1.29, 1.82) is 0 Å². The predicted octanol–water partition coefficient (Wildman–Crippen LogP) is 3.16. The van der Waals surface area contributed by atoms with Crippen LogP contribution in [0.3, 0.4) is 0 Å². The van der Waals surface area contributed by atoms with Crippen molar-refractivity contribution in [3.05, 3.63) is 78.6 Å². The molecule has 2 aromatic carbocycles. The topological polar surface area (TPSA) is 103 Å². The highest BCUT2D eigenvalue weighted by Crippen LogP contribution is 2.25. The number of sulfonamides is 1. The molecule has 0 amide bonds. The van der Waals surface area contributed by atoms with E-state index in [0.29, 0.717) is 12.2 Å². The van der Waals surface area contributed by atoms with E-state index in [0.717, 1.165) is 23.1 Å². The summed E-state index contributed by atoms with van der Waals surface area (Å²) >= 11 is 0. The van der Waals surface area contributed by atoms with Crippen LogP contribution in [-0.4, -0.2) is 30.7 Å². The third kappa shape index (κ3) is 5.87. The average Bonchev–Trinajstić information content (AvgIpc) is 2.73. The van der Waals surface area contributed by atoms with E-state index in [1.54, 1.807) is 30.6 Å². The van der Waals surface area contributed by atoms with Gasteiger partial charge in [-0.1, -0.05) is 30.3 Å². The van der Waals surface area contributed by atoms with Gasteiger partial charge in [0.05, 0.1) is 11.0 Å². The second-order valence-corrected chi connectivity index (χ2v) is 8.45. The number of primary sulfonamides is 1. The van der Waals surface area contributed by atoms with Crippen molar-refractivity contribution in [2.24, 2.45) is 5.14 Å².